The van der Waals surface area contributed by atoms with Crippen LogP contribution in [-0.2, 0) is 4.79 Å². The fraction of sp³-hybridized carbons (Fsp3) is 0.667. The van der Waals surface area contributed by atoms with Gasteiger partial charge in [0.15, 0.2) is 5.78 Å². The van der Waals surface area contributed by atoms with Crippen LogP contribution in [-0.4, -0.2) is 17.2 Å². The van der Waals surface area contributed by atoms with Gasteiger partial charge in [0.25, 0.3) is 0 Å². The summed E-state index contributed by atoms with van der Waals surface area (Å²) in [6, 6.07) is 3.72. The molecule has 118 valence electrons. The molecule has 4 aliphatic carbocycles. The molecule has 4 saturated carbocycles. The zero-order valence-corrected chi connectivity index (χ0v) is 13.7. The van der Waals surface area contributed by atoms with E-state index in [2.05, 4.69) is 5.32 Å². The van der Waals surface area contributed by atoms with Crippen LogP contribution in [0.1, 0.15) is 61.0 Å². The monoisotopic (exact) mass is 317 g/mol. The van der Waals surface area contributed by atoms with E-state index >= 15 is 0 Å². The Hall–Kier alpha value is -1.16. The normalized spacial score (nSPS) is 35.5. The molecular formula is C18H23NO2S. The number of ketones is 1. The second-order valence-electron chi connectivity index (χ2n) is 7.65. The molecule has 0 aromatic carbocycles. The Labute approximate surface area is 135 Å². The second kappa shape index (κ2) is 5.48. The highest BCUT2D eigenvalue weighted by Crippen LogP contribution is 2.55. The smallest absolute Gasteiger partial charge is 0.220 e. The maximum absolute atomic E-state index is 12.3. The van der Waals surface area contributed by atoms with Crippen molar-refractivity contribution in [1.29, 1.82) is 0 Å². The molecule has 4 aliphatic rings. The van der Waals surface area contributed by atoms with Crippen LogP contribution in [0, 0.1) is 17.8 Å². The van der Waals surface area contributed by atoms with Gasteiger partial charge in [0.05, 0.1) is 4.88 Å². The van der Waals surface area contributed by atoms with E-state index < -0.39 is 0 Å². The van der Waals surface area contributed by atoms with Gasteiger partial charge in [0.2, 0.25) is 5.91 Å². The minimum atomic E-state index is 0.0673. The van der Waals surface area contributed by atoms with Crippen LogP contribution in [0.3, 0.4) is 0 Å². The molecule has 1 aromatic rings. The molecule has 1 heterocycles. The van der Waals surface area contributed by atoms with Gasteiger partial charge in [0.1, 0.15) is 0 Å². The first-order valence-electron chi connectivity index (χ1n) is 8.50. The number of hydrogen-bond acceptors (Lipinski definition) is 3. The first-order chi connectivity index (χ1) is 10.6. The quantitative estimate of drug-likeness (QED) is 0.840. The molecule has 0 radical (unpaired) electrons. The lowest BCUT2D eigenvalue weighted by molar-refractivity contribution is -0.126. The van der Waals surface area contributed by atoms with Gasteiger partial charge in [0, 0.05) is 18.4 Å². The lowest BCUT2D eigenvalue weighted by Crippen LogP contribution is -2.59. The summed E-state index contributed by atoms with van der Waals surface area (Å²) in [5.74, 6) is 2.67. The standard InChI is InChI=1S/C18H23NO2S/c20-15(16-2-1-5-22-16)3-4-17(21)19-18-9-12-6-13(10-18)8-14(7-12)11-18/h1-2,5,12-14H,3-4,6-11H2,(H,19,21). The van der Waals surface area contributed by atoms with E-state index in [0.29, 0.717) is 12.8 Å². The zero-order valence-electron chi connectivity index (χ0n) is 12.8. The molecule has 1 N–H and O–H groups in total. The van der Waals surface area contributed by atoms with E-state index in [0.717, 1.165) is 22.6 Å². The van der Waals surface area contributed by atoms with Gasteiger partial charge in [-0.15, -0.1) is 11.3 Å². The summed E-state index contributed by atoms with van der Waals surface area (Å²) >= 11 is 1.46. The number of thiophene rings is 1. The summed E-state index contributed by atoms with van der Waals surface area (Å²) < 4.78 is 0. The van der Waals surface area contributed by atoms with E-state index in [9.17, 15) is 9.59 Å². The predicted octanol–water partition coefficient (Wildman–Crippen LogP) is 3.80. The molecule has 0 atom stereocenters. The molecule has 4 heteroatoms. The molecule has 4 fully saturated rings. The Balaban J connectivity index is 1.33. The van der Waals surface area contributed by atoms with Gasteiger partial charge < -0.3 is 5.32 Å². The maximum Gasteiger partial charge on any atom is 0.220 e. The van der Waals surface area contributed by atoms with E-state index in [4.69, 9.17) is 0 Å². The SMILES string of the molecule is O=C(CCC(=O)c1cccs1)NC12CC3CC(CC(C3)C1)C2. The van der Waals surface area contributed by atoms with Crippen molar-refractivity contribution in [2.24, 2.45) is 17.8 Å². The fourth-order valence-electron chi connectivity index (χ4n) is 5.41. The van der Waals surface area contributed by atoms with Crippen LogP contribution in [0.15, 0.2) is 17.5 Å². The molecule has 4 bridgehead atoms. The number of Topliss-reactive ketones (excluding diaryl/α,β-unsaturated/α-hetero) is 1. The second-order valence-corrected chi connectivity index (χ2v) is 8.59. The topological polar surface area (TPSA) is 46.2 Å². The lowest BCUT2D eigenvalue weighted by atomic mass is 9.53. The highest BCUT2D eigenvalue weighted by molar-refractivity contribution is 7.12. The van der Waals surface area contributed by atoms with Gasteiger partial charge in [-0.25, -0.2) is 0 Å². The van der Waals surface area contributed by atoms with E-state index in [1.165, 1.54) is 49.9 Å². The molecule has 0 aliphatic heterocycles. The van der Waals surface area contributed by atoms with Crippen LogP contribution in [0.25, 0.3) is 0 Å². The number of rotatable bonds is 5. The van der Waals surface area contributed by atoms with Crippen molar-refractivity contribution >= 4 is 23.0 Å². The molecule has 22 heavy (non-hydrogen) atoms. The Kier molecular flexibility index (Phi) is 3.60. The Morgan fingerprint density at radius 1 is 1.09 bits per heavy atom. The first-order valence-corrected chi connectivity index (χ1v) is 9.38. The predicted molar refractivity (Wildman–Crippen MR) is 86.9 cm³/mol. The number of hydrogen-bond donors (Lipinski definition) is 1. The third-order valence-electron chi connectivity index (χ3n) is 5.82. The minimum absolute atomic E-state index is 0.0673. The molecule has 3 nitrogen and oxygen atoms in total. The molecule has 1 aromatic heterocycles. The van der Waals surface area contributed by atoms with Crippen LogP contribution in [0.5, 0.6) is 0 Å². The summed E-state index contributed by atoms with van der Waals surface area (Å²) in [6.45, 7) is 0. The van der Waals surface area contributed by atoms with Gasteiger partial charge in [-0.2, -0.15) is 0 Å². The molecule has 1 amide bonds. The molecule has 0 spiro atoms. The van der Waals surface area contributed by atoms with Crippen molar-refractivity contribution in [1.82, 2.24) is 5.32 Å². The van der Waals surface area contributed by atoms with Crippen LogP contribution < -0.4 is 5.32 Å². The average Bonchev–Trinajstić information content (AvgIpc) is 2.97. The highest BCUT2D eigenvalue weighted by Gasteiger charge is 2.51. The van der Waals surface area contributed by atoms with Gasteiger partial charge >= 0.3 is 0 Å². The van der Waals surface area contributed by atoms with Crippen molar-refractivity contribution < 1.29 is 9.59 Å². The minimum Gasteiger partial charge on any atom is -0.351 e. The maximum atomic E-state index is 12.3. The van der Waals surface area contributed by atoms with Gasteiger partial charge in [-0.05, 0) is 67.7 Å². The summed E-state index contributed by atoms with van der Waals surface area (Å²) in [5, 5.41) is 5.24. The number of carbonyl (C=O) groups excluding carboxylic acids is 2. The number of amides is 1. The number of carbonyl (C=O) groups is 2. The van der Waals surface area contributed by atoms with Gasteiger partial charge in [-0.3, -0.25) is 9.59 Å². The number of nitrogens with one attached hydrogen (secondary N) is 1. The summed E-state index contributed by atoms with van der Waals surface area (Å²) in [6.07, 6.45) is 8.32. The van der Waals surface area contributed by atoms with E-state index in [-0.39, 0.29) is 17.2 Å². The van der Waals surface area contributed by atoms with Crippen molar-refractivity contribution in [3.63, 3.8) is 0 Å². The Bertz CT molecular complexity index is 543. The summed E-state index contributed by atoms with van der Waals surface area (Å²) in [7, 11) is 0. The highest BCUT2D eigenvalue weighted by atomic mass is 32.1. The van der Waals surface area contributed by atoms with E-state index in [1.807, 2.05) is 17.5 Å². The molecule has 0 unspecified atom stereocenters. The van der Waals surface area contributed by atoms with Crippen molar-refractivity contribution in [3.8, 4) is 0 Å². The van der Waals surface area contributed by atoms with Gasteiger partial charge in [-0.1, -0.05) is 6.07 Å². The van der Waals surface area contributed by atoms with Crippen LogP contribution in [0.4, 0.5) is 0 Å². The van der Waals surface area contributed by atoms with Crippen molar-refractivity contribution in [2.45, 2.75) is 56.9 Å². The largest absolute Gasteiger partial charge is 0.351 e. The first kappa shape index (κ1) is 14.4. The van der Waals surface area contributed by atoms with Crippen molar-refractivity contribution in [2.75, 3.05) is 0 Å². The van der Waals surface area contributed by atoms with Crippen LogP contribution >= 0.6 is 11.3 Å². The summed E-state index contributed by atoms with van der Waals surface area (Å²) in [4.78, 5) is 25.1. The Morgan fingerprint density at radius 3 is 2.27 bits per heavy atom. The summed E-state index contributed by atoms with van der Waals surface area (Å²) in [5.41, 5.74) is 0.0673. The third kappa shape index (κ3) is 2.73. The van der Waals surface area contributed by atoms with Crippen LogP contribution in [0.2, 0.25) is 0 Å². The molecule has 0 saturated heterocycles. The average molecular weight is 317 g/mol. The third-order valence-corrected chi connectivity index (χ3v) is 6.73. The molecular weight excluding hydrogens is 294 g/mol. The zero-order chi connectivity index (χ0) is 15.2. The Morgan fingerprint density at radius 2 is 1.73 bits per heavy atom. The van der Waals surface area contributed by atoms with Crippen molar-refractivity contribution in [3.05, 3.63) is 22.4 Å². The van der Waals surface area contributed by atoms with E-state index in [1.54, 1.807) is 0 Å². The molecule has 5 rings (SSSR count). The lowest BCUT2D eigenvalue weighted by Gasteiger charge is -2.56. The fourth-order valence-corrected chi connectivity index (χ4v) is 6.10.